The van der Waals surface area contributed by atoms with Gasteiger partial charge in [0.05, 0.1) is 18.2 Å². The zero-order valence-electron chi connectivity index (χ0n) is 19.3. The molecule has 0 fully saturated rings. The Balaban J connectivity index is 2.30. The van der Waals surface area contributed by atoms with E-state index in [2.05, 4.69) is 10.6 Å². The molecule has 0 aliphatic carbocycles. The monoisotopic (exact) mass is 429 g/mol. The van der Waals surface area contributed by atoms with Crippen LogP contribution in [0.25, 0.3) is 0 Å². The normalized spacial score (nSPS) is 16.4. The van der Waals surface area contributed by atoms with Crippen LogP contribution >= 0.6 is 0 Å². The number of urea groups is 1. The molecule has 0 aromatic heterocycles. The van der Waals surface area contributed by atoms with Gasteiger partial charge in [-0.2, -0.15) is 0 Å². The minimum absolute atomic E-state index is 0.0236. The van der Waals surface area contributed by atoms with Crippen molar-refractivity contribution in [2.45, 2.75) is 66.3 Å². The molecule has 170 valence electrons. The lowest BCUT2D eigenvalue weighted by atomic mass is 9.94. The topological polar surface area (TPSA) is 87.7 Å². The van der Waals surface area contributed by atoms with Crippen molar-refractivity contribution < 1.29 is 19.1 Å². The zero-order valence-corrected chi connectivity index (χ0v) is 19.3. The van der Waals surface area contributed by atoms with Crippen molar-refractivity contribution in [2.75, 3.05) is 18.5 Å². The number of allylic oxidation sites excluding steroid dienone is 1. The van der Waals surface area contributed by atoms with Gasteiger partial charge in [0.1, 0.15) is 0 Å². The number of amides is 3. The summed E-state index contributed by atoms with van der Waals surface area (Å²) in [6.45, 7) is 10.6. The number of rotatable bonds is 10. The third-order valence-corrected chi connectivity index (χ3v) is 5.10. The second-order valence-corrected chi connectivity index (χ2v) is 8.30. The Morgan fingerprint density at radius 3 is 2.42 bits per heavy atom. The van der Waals surface area contributed by atoms with Crippen molar-refractivity contribution in [3.05, 3.63) is 41.1 Å². The van der Waals surface area contributed by atoms with E-state index in [0.29, 0.717) is 36.5 Å². The molecule has 1 heterocycles. The van der Waals surface area contributed by atoms with Crippen molar-refractivity contribution >= 4 is 23.6 Å². The van der Waals surface area contributed by atoms with Crippen LogP contribution in [-0.4, -0.2) is 36.0 Å². The molecule has 1 aliphatic rings. The van der Waals surface area contributed by atoms with E-state index in [4.69, 9.17) is 4.74 Å². The molecule has 7 nitrogen and oxygen atoms in total. The SMILES string of the molecule is CCCCC(=O)Nc1ccc(C2NC(=O)N(CCC)C(C)=C2C(=O)OCC(C)C)cc1. The summed E-state index contributed by atoms with van der Waals surface area (Å²) in [4.78, 5) is 39.2. The third kappa shape index (κ3) is 6.57. The Morgan fingerprint density at radius 1 is 1.16 bits per heavy atom. The number of carbonyl (C=O) groups is 3. The van der Waals surface area contributed by atoms with Crippen LogP contribution in [0.1, 0.15) is 71.9 Å². The Morgan fingerprint density at radius 2 is 1.84 bits per heavy atom. The molecule has 1 aliphatic heterocycles. The second kappa shape index (κ2) is 11.5. The van der Waals surface area contributed by atoms with Crippen LogP contribution < -0.4 is 10.6 Å². The molecule has 2 N–H and O–H groups in total. The second-order valence-electron chi connectivity index (χ2n) is 8.30. The van der Waals surface area contributed by atoms with E-state index in [1.54, 1.807) is 24.0 Å². The fourth-order valence-electron chi connectivity index (χ4n) is 3.43. The van der Waals surface area contributed by atoms with Gasteiger partial charge in [0, 0.05) is 24.4 Å². The number of nitrogens with zero attached hydrogens (tertiary/aromatic N) is 1. The van der Waals surface area contributed by atoms with Gasteiger partial charge in [-0.3, -0.25) is 9.69 Å². The maximum Gasteiger partial charge on any atom is 0.338 e. The zero-order chi connectivity index (χ0) is 23.0. The summed E-state index contributed by atoms with van der Waals surface area (Å²) >= 11 is 0. The first-order valence-electron chi connectivity index (χ1n) is 11.1. The molecule has 7 heteroatoms. The van der Waals surface area contributed by atoms with Crippen LogP contribution in [0.15, 0.2) is 35.5 Å². The maximum absolute atomic E-state index is 13.0. The minimum Gasteiger partial charge on any atom is -0.462 e. The lowest BCUT2D eigenvalue weighted by Crippen LogP contribution is -2.48. The molecular weight excluding hydrogens is 394 g/mol. The number of esters is 1. The van der Waals surface area contributed by atoms with E-state index < -0.39 is 12.0 Å². The van der Waals surface area contributed by atoms with E-state index in [1.165, 1.54) is 0 Å². The Labute approximate surface area is 185 Å². The van der Waals surface area contributed by atoms with E-state index >= 15 is 0 Å². The Kier molecular flexibility index (Phi) is 9.09. The average Bonchev–Trinajstić information content (AvgIpc) is 2.73. The molecule has 1 atom stereocenters. The van der Waals surface area contributed by atoms with Gasteiger partial charge in [0.2, 0.25) is 5.91 Å². The summed E-state index contributed by atoms with van der Waals surface area (Å²) in [5.74, 6) is -0.234. The average molecular weight is 430 g/mol. The summed E-state index contributed by atoms with van der Waals surface area (Å²) in [5, 5.41) is 5.82. The smallest absolute Gasteiger partial charge is 0.338 e. The van der Waals surface area contributed by atoms with E-state index in [-0.39, 0.29) is 17.9 Å². The molecule has 0 saturated carbocycles. The lowest BCUT2D eigenvalue weighted by molar-refractivity contribution is -0.140. The highest BCUT2D eigenvalue weighted by Crippen LogP contribution is 2.32. The van der Waals surface area contributed by atoms with Gasteiger partial charge in [-0.25, -0.2) is 9.59 Å². The first kappa shape index (κ1) is 24.4. The predicted octanol–water partition coefficient (Wildman–Crippen LogP) is 4.76. The quantitative estimate of drug-likeness (QED) is 0.525. The number of hydrogen-bond acceptors (Lipinski definition) is 4. The summed E-state index contributed by atoms with van der Waals surface area (Å²) in [5.41, 5.74) is 2.49. The Hall–Kier alpha value is -2.83. The molecule has 0 bridgehead atoms. The van der Waals surface area contributed by atoms with E-state index in [0.717, 1.165) is 24.8 Å². The molecule has 0 radical (unpaired) electrons. The molecular formula is C24H35N3O4. The fraction of sp³-hybridized carbons (Fsp3) is 0.542. The number of hydrogen-bond donors (Lipinski definition) is 2. The van der Waals surface area contributed by atoms with Crippen LogP contribution in [0, 0.1) is 5.92 Å². The van der Waals surface area contributed by atoms with Crippen molar-refractivity contribution in [3.63, 3.8) is 0 Å². The number of anilines is 1. The van der Waals surface area contributed by atoms with E-state index in [1.807, 2.05) is 39.8 Å². The van der Waals surface area contributed by atoms with Gasteiger partial charge in [-0.05, 0) is 43.4 Å². The van der Waals surface area contributed by atoms with Crippen molar-refractivity contribution in [1.29, 1.82) is 0 Å². The van der Waals surface area contributed by atoms with Crippen LogP contribution in [0.5, 0.6) is 0 Å². The first-order valence-corrected chi connectivity index (χ1v) is 11.1. The highest BCUT2D eigenvalue weighted by Gasteiger charge is 2.36. The maximum atomic E-state index is 13.0. The van der Waals surface area contributed by atoms with Crippen molar-refractivity contribution in [2.24, 2.45) is 5.92 Å². The first-order chi connectivity index (χ1) is 14.8. The third-order valence-electron chi connectivity index (χ3n) is 5.10. The number of unbranched alkanes of at least 4 members (excludes halogenated alkanes) is 1. The highest BCUT2D eigenvalue weighted by atomic mass is 16.5. The van der Waals surface area contributed by atoms with Crippen LogP contribution in [0.3, 0.4) is 0 Å². The minimum atomic E-state index is -0.606. The number of nitrogens with one attached hydrogen (secondary N) is 2. The van der Waals surface area contributed by atoms with Crippen LogP contribution in [0.4, 0.5) is 10.5 Å². The van der Waals surface area contributed by atoms with Crippen molar-refractivity contribution in [1.82, 2.24) is 10.2 Å². The molecule has 1 aromatic rings. The van der Waals surface area contributed by atoms with Gasteiger partial charge in [-0.1, -0.05) is 46.2 Å². The standard InChI is InChI=1S/C24H35N3O4/c1-6-8-9-20(28)25-19-12-10-18(11-13-19)22-21(23(29)31-15-16(3)4)17(5)27(14-7-2)24(30)26-22/h10-13,16,22H,6-9,14-15H2,1-5H3,(H,25,28)(H,26,30). The number of ether oxygens (including phenoxy) is 1. The lowest BCUT2D eigenvalue weighted by Gasteiger charge is -2.35. The predicted molar refractivity (Wildman–Crippen MR) is 121 cm³/mol. The Bertz CT molecular complexity index is 815. The highest BCUT2D eigenvalue weighted by molar-refractivity contribution is 5.95. The van der Waals surface area contributed by atoms with E-state index in [9.17, 15) is 14.4 Å². The molecule has 1 aromatic carbocycles. The summed E-state index contributed by atoms with van der Waals surface area (Å²) in [6, 6.07) is 6.37. The largest absolute Gasteiger partial charge is 0.462 e. The van der Waals surface area contributed by atoms with Gasteiger partial charge in [0.15, 0.2) is 0 Å². The fourth-order valence-corrected chi connectivity index (χ4v) is 3.43. The van der Waals surface area contributed by atoms with Gasteiger partial charge in [-0.15, -0.1) is 0 Å². The summed E-state index contributed by atoms with van der Waals surface area (Å²) in [7, 11) is 0. The van der Waals surface area contributed by atoms with Crippen LogP contribution in [-0.2, 0) is 14.3 Å². The molecule has 31 heavy (non-hydrogen) atoms. The molecule has 0 saturated heterocycles. The van der Waals surface area contributed by atoms with Crippen molar-refractivity contribution in [3.8, 4) is 0 Å². The summed E-state index contributed by atoms with van der Waals surface area (Å²) < 4.78 is 5.51. The van der Waals surface area contributed by atoms with Gasteiger partial charge >= 0.3 is 12.0 Å². The molecule has 3 amide bonds. The van der Waals surface area contributed by atoms with Gasteiger partial charge < -0.3 is 15.4 Å². The molecule has 2 rings (SSSR count). The molecule has 0 spiro atoms. The molecule has 1 unspecified atom stereocenters. The number of carbonyl (C=O) groups excluding carboxylic acids is 3. The van der Waals surface area contributed by atoms with Crippen LogP contribution in [0.2, 0.25) is 0 Å². The van der Waals surface area contributed by atoms with Gasteiger partial charge in [0.25, 0.3) is 0 Å². The number of benzene rings is 1. The summed E-state index contributed by atoms with van der Waals surface area (Å²) in [6.07, 6.45) is 3.07.